The maximum atomic E-state index is 12.6. The van der Waals surface area contributed by atoms with Crippen LogP contribution in [0.3, 0.4) is 0 Å². The number of benzene rings is 1. The van der Waals surface area contributed by atoms with Crippen molar-refractivity contribution >= 4 is 5.91 Å². The first-order valence-electron chi connectivity index (χ1n) is 11.6. The smallest absolute Gasteiger partial charge is 0.240 e. The lowest BCUT2D eigenvalue weighted by atomic mass is 9.91. The number of nitrogens with one attached hydrogen (secondary N) is 1. The SMILES string of the molecule is CC1CCCN(CCCOc2ccc(CN3CCNC(=O)C34CCCC4)cc2)C1. The first kappa shape index (κ1) is 20.7. The first-order valence-corrected chi connectivity index (χ1v) is 11.6. The Kier molecular flexibility index (Phi) is 6.76. The molecule has 1 aromatic rings. The van der Waals surface area contributed by atoms with E-state index in [-0.39, 0.29) is 11.4 Å². The second-order valence-corrected chi connectivity index (χ2v) is 9.31. The molecule has 1 atom stereocenters. The Morgan fingerprint density at radius 2 is 1.93 bits per heavy atom. The molecule has 5 heteroatoms. The van der Waals surface area contributed by atoms with Crippen molar-refractivity contribution in [2.24, 2.45) is 5.92 Å². The van der Waals surface area contributed by atoms with E-state index in [9.17, 15) is 4.79 Å². The van der Waals surface area contributed by atoms with Crippen LogP contribution < -0.4 is 10.1 Å². The number of hydrogen-bond acceptors (Lipinski definition) is 4. The maximum absolute atomic E-state index is 12.6. The van der Waals surface area contributed by atoms with E-state index >= 15 is 0 Å². The Bertz CT molecular complexity index is 669. The second kappa shape index (κ2) is 9.48. The fourth-order valence-corrected chi connectivity index (χ4v) is 5.44. The first-order chi connectivity index (χ1) is 14.2. The van der Waals surface area contributed by atoms with E-state index in [4.69, 9.17) is 4.74 Å². The van der Waals surface area contributed by atoms with Crippen molar-refractivity contribution in [1.82, 2.24) is 15.1 Å². The van der Waals surface area contributed by atoms with Gasteiger partial charge in [-0.25, -0.2) is 0 Å². The number of piperazine rings is 1. The fourth-order valence-electron chi connectivity index (χ4n) is 5.44. The lowest BCUT2D eigenvalue weighted by molar-refractivity contribution is -0.137. The molecule has 3 fully saturated rings. The van der Waals surface area contributed by atoms with Gasteiger partial charge in [0, 0.05) is 32.7 Å². The summed E-state index contributed by atoms with van der Waals surface area (Å²) < 4.78 is 5.97. The topological polar surface area (TPSA) is 44.8 Å². The van der Waals surface area contributed by atoms with Crippen LogP contribution in [0.25, 0.3) is 0 Å². The molecule has 3 aliphatic rings. The Balaban J connectivity index is 1.24. The predicted octanol–water partition coefficient (Wildman–Crippen LogP) is 3.43. The van der Waals surface area contributed by atoms with Gasteiger partial charge in [-0.2, -0.15) is 0 Å². The van der Waals surface area contributed by atoms with Crippen molar-refractivity contribution in [2.75, 3.05) is 39.3 Å². The highest BCUT2D eigenvalue weighted by atomic mass is 16.5. The second-order valence-electron chi connectivity index (χ2n) is 9.31. The van der Waals surface area contributed by atoms with Crippen molar-refractivity contribution in [3.8, 4) is 5.75 Å². The molecule has 1 unspecified atom stereocenters. The van der Waals surface area contributed by atoms with E-state index in [1.54, 1.807) is 0 Å². The zero-order chi connectivity index (χ0) is 20.1. The summed E-state index contributed by atoms with van der Waals surface area (Å²) in [5, 5.41) is 3.09. The van der Waals surface area contributed by atoms with Gasteiger partial charge >= 0.3 is 0 Å². The van der Waals surface area contributed by atoms with E-state index in [0.717, 1.165) is 76.6 Å². The van der Waals surface area contributed by atoms with Crippen LogP contribution in [0.1, 0.15) is 57.4 Å². The number of nitrogens with zero attached hydrogens (tertiary/aromatic N) is 2. The zero-order valence-electron chi connectivity index (χ0n) is 18.0. The Morgan fingerprint density at radius 1 is 1.14 bits per heavy atom. The highest BCUT2D eigenvalue weighted by Gasteiger charge is 2.47. The number of hydrogen-bond donors (Lipinski definition) is 1. The van der Waals surface area contributed by atoms with Gasteiger partial charge in [0.1, 0.15) is 11.3 Å². The predicted molar refractivity (Wildman–Crippen MR) is 116 cm³/mol. The van der Waals surface area contributed by atoms with E-state index in [1.165, 1.54) is 31.5 Å². The molecule has 1 saturated carbocycles. The summed E-state index contributed by atoms with van der Waals surface area (Å²) in [4.78, 5) is 17.6. The summed E-state index contributed by atoms with van der Waals surface area (Å²) in [5.74, 6) is 2.03. The highest BCUT2D eigenvalue weighted by molar-refractivity contribution is 5.87. The largest absolute Gasteiger partial charge is 0.494 e. The molecular weight excluding hydrogens is 362 g/mol. The van der Waals surface area contributed by atoms with Gasteiger partial charge < -0.3 is 15.0 Å². The lowest BCUT2D eigenvalue weighted by Crippen LogP contribution is -2.63. The van der Waals surface area contributed by atoms with E-state index in [0.29, 0.717) is 0 Å². The van der Waals surface area contributed by atoms with Crippen LogP contribution in [0.5, 0.6) is 5.75 Å². The van der Waals surface area contributed by atoms with Crippen LogP contribution in [-0.2, 0) is 11.3 Å². The number of carbonyl (C=O) groups is 1. The lowest BCUT2D eigenvalue weighted by Gasteiger charge is -2.43. The zero-order valence-corrected chi connectivity index (χ0v) is 18.0. The van der Waals surface area contributed by atoms with E-state index in [2.05, 4.69) is 46.3 Å². The minimum absolute atomic E-state index is 0.240. The number of carbonyl (C=O) groups excluding carboxylic acids is 1. The van der Waals surface area contributed by atoms with Crippen LogP contribution in [0.2, 0.25) is 0 Å². The van der Waals surface area contributed by atoms with Crippen molar-refractivity contribution < 1.29 is 9.53 Å². The van der Waals surface area contributed by atoms with Gasteiger partial charge in [0.25, 0.3) is 0 Å². The van der Waals surface area contributed by atoms with Crippen LogP contribution in [0, 0.1) is 5.92 Å². The van der Waals surface area contributed by atoms with E-state index in [1.807, 2.05) is 0 Å². The molecule has 0 bridgehead atoms. The summed E-state index contributed by atoms with van der Waals surface area (Å²) in [7, 11) is 0. The number of amides is 1. The molecule has 4 rings (SSSR count). The Morgan fingerprint density at radius 3 is 2.69 bits per heavy atom. The van der Waals surface area contributed by atoms with Crippen LogP contribution in [0.4, 0.5) is 0 Å². The van der Waals surface area contributed by atoms with Crippen LogP contribution in [0.15, 0.2) is 24.3 Å². The van der Waals surface area contributed by atoms with Gasteiger partial charge in [0.2, 0.25) is 5.91 Å². The quantitative estimate of drug-likeness (QED) is 0.714. The molecule has 5 nitrogen and oxygen atoms in total. The number of piperidine rings is 1. The van der Waals surface area contributed by atoms with Gasteiger partial charge in [-0.05, 0) is 62.3 Å². The van der Waals surface area contributed by atoms with Gasteiger partial charge in [-0.1, -0.05) is 31.9 Å². The highest BCUT2D eigenvalue weighted by Crippen LogP contribution is 2.37. The van der Waals surface area contributed by atoms with Gasteiger partial charge in [-0.15, -0.1) is 0 Å². The summed E-state index contributed by atoms with van der Waals surface area (Å²) in [6.07, 6.45) is 8.11. The standard InChI is InChI=1S/C24H37N3O2/c1-20-6-4-14-26(18-20)15-5-17-29-22-9-7-21(8-10-22)19-27-16-13-25-23(28)24(27)11-2-3-12-24/h7-10,20H,2-6,11-19H2,1H3,(H,25,28). The molecule has 160 valence electrons. The normalized spacial score (nSPS) is 25.3. The summed E-state index contributed by atoms with van der Waals surface area (Å²) in [6, 6.07) is 8.50. The van der Waals surface area contributed by atoms with Gasteiger partial charge in [0.05, 0.1) is 6.61 Å². The Hall–Kier alpha value is -1.59. The summed E-state index contributed by atoms with van der Waals surface area (Å²) >= 11 is 0. The third kappa shape index (κ3) is 4.95. The molecule has 2 aliphatic heterocycles. The van der Waals surface area contributed by atoms with Crippen molar-refractivity contribution in [3.05, 3.63) is 29.8 Å². The van der Waals surface area contributed by atoms with Crippen molar-refractivity contribution in [1.29, 1.82) is 0 Å². The number of rotatable bonds is 7. The molecule has 2 saturated heterocycles. The number of ether oxygens (including phenoxy) is 1. The third-order valence-corrected chi connectivity index (χ3v) is 7.05. The third-order valence-electron chi connectivity index (χ3n) is 7.05. The maximum Gasteiger partial charge on any atom is 0.240 e. The monoisotopic (exact) mass is 399 g/mol. The average Bonchev–Trinajstić information content (AvgIpc) is 3.21. The molecule has 1 amide bonds. The minimum atomic E-state index is -0.265. The summed E-state index contributed by atoms with van der Waals surface area (Å²) in [6.45, 7) is 9.31. The molecule has 0 aromatic heterocycles. The molecule has 1 spiro atoms. The van der Waals surface area contributed by atoms with Gasteiger partial charge in [0.15, 0.2) is 0 Å². The van der Waals surface area contributed by atoms with Crippen LogP contribution in [-0.4, -0.2) is 60.6 Å². The Labute approximate surface area is 175 Å². The molecule has 1 aliphatic carbocycles. The average molecular weight is 400 g/mol. The molecule has 29 heavy (non-hydrogen) atoms. The van der Waals surface area contributed by atoms with Crippen LogP contribution >= 0.6 is 0 Å². The van der Waals surface area contributed by atoms with Crippen molar-refractivity contribution in [3.63, 3.8) is 0 Å². The fraction of sp³-hybridized carbons (Fsp3) is 0.708. The number of likely N-dealkylation sites (tertiary alicyclic amines) is 1. The van der Waals surface area contributed by atoms with Crippen molar-refractivity contribution in [2.45, 2.75) is 64.0 Å². The molecule has 1 N–H and O–H groups in total. The summed E-state index contributed by atoms with van der Waals surface area (Å²) in [5.41, 5.74) is 1.000. The van der Waals surface area contributed by atoms with E-state index < -0.39 is 0 Å². The molecule has 1 aromatic carbocycles. The van der Waals surface area contributed by atoms with Gasteiger partial charge in [-0.3, -0.25) is 9.69 Å². The molecule has 0 radical (unpaired) electrons. The minimum Gasteiger partial charge on any atom is -0.494 e. The molecule has 2 heterocycles. The molecular formula is C24H37N3O2.